The molecule has 4 N–H and O–H groups in total. The second-order valence-electron chi connectivity index (χ2n) is 6.75. The van der Waals surface area contributed by atoms with Crippen molar-refractivity contribution in [2.45, 2.75) is 26.7 Å². The van der Waals surface area contributed by atoms with Crippen LogP contribution in [0.2, 0.25) is 5.02 Å². The Morgan fingerprint density at radius 1 is 1.03 bits per heavy atom. The Balaban J connectivity index is 1.77. The highest BCUT2D eigenvalue weighted by Crippen LogP contribution is 2.25. The lowest BCUT2D eigenvalue weighted by atomic mass is 10.1. The lowest BCUT2D eigenvalue weighted by molar-refractivity contribution is -0.384. The molecule has 168 valence electrons. The van der Waals surface area contributed by atoms with Crippen LogP contribution >= 0.6 is 23.8 Å². The van der Waals surface area contributed by atoms with E-state index in [0.717, 1.165) is 17.2 Å². The van der Waals surface area contributed by atoms with Gasteiger partial charge in [-0.2, -0.15) is 0 Å². The number of thiocarbonyl (C=S) groups is 1. The number of nitro benzene ring substituents is 1. The summed E-state index contributed by atoms with van der Waals surface area (Å²) >= 11 is 10.6. The fraction of sp³-hybridized carbons (Fsp3) is 0.200. The number of hydrogen-bond donors (Lipinski definition) is 4. The number of nitro groups is 1. The minimum atomic E-state index is -0.732. The molecule has 0 atom stereocenters. The third-order valence-electron chi connectivity index (χ3n) is 4.18. The molecule has 0 aromatic heterocycles. The number of amides is 3. The van der Waals surface area contributed by atoms with Gasteiger partial charge in [0.05, 0.1) is 4.92 Å². The van der Waals surface area contributed by atoms with Gasteiger partial charge < -0.3 is 5.32 Å². The third-order valence-corrected chi connectivity index (χ3v) is 4.71. The number of rotatable bonds is 6. The molecule has 2 aromatic carbocycles. The van der Waals surface area contributed by atoms with E-state index in [2.05, 4.69) is 21.5 Å². The topological polar surface area (TPSA) is 142 Å². The highest BCUT2D eigenvalue weighted by Gasteiger charge is 2.17. The summed E-state index contributed by atoms with van der Waals surface area (Å²) in [5.74, 6) is -1.59. The van der Waals surface area contributed by atoms with Gasteiger partial charge in [0.15, 0.2) is 5.11 Å². The maximum atomic E-state index is 12.2. The Bertz CT molecular complexity index is 1090. The van der Waals surface area contributed by atoms with Crippen LogP contribution in [0.4, 0.5) is 11.4 Å². The van der Waals surface area contributed by atoms with Gasteiger partial charge in [-0.1, -0.05) is 29.3 Å². The average Bonchev–Trinajstić information content (AvgIpc) is 2.72. The SMILES string of the molecule is Cc1ccc(NC(=O)CCC(=O)NNC(=S)NC(=O)c2ccc(Cl)c([N+](=O)[O-])c2)c(C)c1. The predicted molar refractivity (Wildman–Crippen MR) is 123 cm³/mol. The Kier molecular flexibility index (Phi) is 8.62. The summed E-state index contributed by atoms with van der Waals surface area (Å²) < 4.78 is 0. The van der Waals surface area contributed by atoms with Gasteiger partial charge in [0.25, 0.3) is 11.6 Å². The molecular formula is C20H20ClN5O5S. The van der Waals surface area contributed by atoms with Crippen LogP contribution in [0.5, 0.6) is 0 Å². The molecule has 0 heterocycles. The van der Waals surface area contributed by atoms with Crippen molar-refractivity contribution < 1.29 is 19.3 Å². The van der Waals surface area contributed by atoms with Crippen LogP contribution in [0, 0.1) is 24.0 Å². The van der Waals surface area contributed by atoms with Gasteiger partial charge in [-0.15, -0.1) is 0 Å². The summed E-state index contributed by atoms with van der Waals surface area (Å²) in [5, 5.41) is 15.6. The number of halogens is 1. The number of nitrogens with zero attached hydrogens (tertiary/aromatic N) is 1. The highest BCUT2D eigenvalue weighted by molar-refractivity contribution is 7.80. The Morgan fingerprint density at radius 3 is 2.38 bits per heavy atom. The van der Waals surface area contributed by atoms with Crippen LogP contribution in [0.1, 0.15) is 34.3 Å². The van der Waals surface area contributed by atoms with Crippen molar-refractivity contribution in [3.05, 3.63) is 68.2 Å². The smallest absolute Gasteiger partial charge is 0.288 e. The van der Waals surface area contributed by atoms with Gasteiger partial charge in [0.2, 0.25) is 11.8 Å². The fourth-order valence-electron chi connectivity index (χ4n) is 2.58. The molecule has 12 heteroatoms. The van der Waals surface area contributed by atoms with Gasteiger partial charge in [0, 0.05) is 30.2 Å². The van der Waals surface area contributed by atoms with Crippen molar-refractivity contribution in [1.82, 2.24) is 16.2 Å². The van der Waals surface area contributed by atoms with Crippen molar-refractivity contribution in [2.24, 2.45) is 0 Å². The maximum Gasteiger partial charge on any atom is 0.288 e. The van der Waals surface area contributed by atoms with E-state index in [1.54, 1.807) is 6.07 Å². The van der Waals surface area contributed by atoms with Gasteiger partial charge in [-0.05, 0) is 49.8 Å². The quantitative estimate of drug-likeness (QED) is 0.284. The highest BCUT2D eigenvalue weighted by atomic mass is 35.5. The second kappa shape index (κ2) is 11.2. The van der Waals surface area contributed by atoms with E-state index in [1.165, 1.54) is 12.1 Å². The Morgan fingerprint density at radius 2 is 1.72 bits per heavy atom. The molecule has 0 bridgehead atoms. The van der Waals surface area contributed by atoms with Crippen LogP contribution in [-0.2, 0) is 9.59 Å². The summed E-state index contributed by atoms with van der Waals surface area (Å²) in [5.41, 5.74) is 6.78. The Hall–Kier alpha value is -3.57. The van der Waals surface area contributed by atoms with E-state index in [0.29, 0.717) is 5.69 Å². The number of nitrogens with one attached hydrogen (secondary N) is 4. The molecule has 0 saturated carbocycles. The van der Waals surface area contributed by atoms with Crippen LogP contribution in [0.3, 0.4) is 0 Å². The molecule has 2 aromatic rings. The normalized spacial score (nSPS) is 10.1. The van der Waals surface area contributed by atoms with E-state index in [9.17, 15) is 24.5 Å². The van der Waals surface area contributed by atoms with Crippen LogP contribution in [0.25, 0.3) is 0 Å². The van der Waals surface area contributed by atoms with E-state index in [-0.39, 0.29) is 34.4 Å². The minimum absolute atomic E-state index is 0.0420. The maximum absolute atomic E-state index is 12.2. The molecule has 2 rings (SSSR count). The van der Waals surface area contributed by atoms with Gasteiger partial charge in [-0.25, -0.2) is 0 Å². The van der Waals surface area contributed by atoms with E-state index in [1.807, 2.05) is 26.0 Å². The van der Waals surface area contributed by atoms with Crippen LogP contribution < -0.4 is 21.5 Å². The third kappa shape index (κ3) is 7.29. The largest absolute Gasteiger partial charge is 0.326 e. The summed E-state index contributed by atoms with van der Waals surface area (Å²) in [4.78, 5) is 46.3. The molecule has 10 nitrogen and oxygen atoms in total. The predicted octanol–water partition coefficient (Wildman–Crippen LogP) is 2.92. The molecule has 32 heavy (non-hydrogen) atoms. The summed E-state index contributed by atoms with van der Waals surface area (Å²) in [6.07, 6.45) is -0.182. The molecule has 0 fully saturated rings. The summed E-state index contributed by atoms with van der Waals surface area (Å²) in [6.45, 7) is 3.82. The molecular weight excluding hydrogens is 458 g/mol. The summed E-state index contributed by atoms with van der Waals surface area (Å²) in [6, 6.07) is 9.12. The number of carbonyl (C=O) groups is 3. The van der Waals surface area contributed by atoms with Gasteiger partial charge >= 0.3 is 0 Å². The molecule has 0 saturated heterocycles. The first-order chi connectivity index (χ1) is 15.1. The van der Waals surface area contributed by atoms with E-state index >= 15 is 0 Å². The molecule has 0 spiro atoms. The number of aryl methyl sites for hydroxylation is 2. The molecule has 0 radical (unpaired) electrons. The molecule has 0 aliphatic rings. The van der Waals surface area contributed by atoms with Crippen molar-refractivity contribution in [3.63, 3.8) is 0 Å². The van der Waals surface area contributed by atoms with E-state index < -0.39 is 22.4 Å². The van der Waals surface area contributed by atoms with Crippen LogP contribution in [0.15, 0.2) is 36.4 Å². The zero-order chi connectivity index (χ0) is 23.8. The number of benzene rings is 2. The molecule has 0 aliphatic carbocycles. The number of hydrogen-bond acceptors (Lipinski definition) is 6. The first-order valence-corrected chi connectivity index (χ1v) is 10.1. The first kappa shape index (κ1) is 24.7. The number of hydrazine groups is 1. The van der Waals surface area contributed by atoms with Gasteiger partial charge in [0.1, 0.15) is 5.02 Å². The molecule has 0 unspecified atom stereocenters. The van der Waals surface area contributed by atoms with Crippen LogP contribution in [-0.4, -0.2) is 27.8 Å². The molecule has 0 aliphatic heterocycles. The number of anilines is 1. The lowest BCUT2D eigenvalue weighted by Crippen LogP contribution is -2.48. The average molecular weight is 478 g/mol. The zero-order valence-corrected chi connectivity index (χ0v) is 18.7. The van der Waals surface area contributed by atoms with E-state index in [4.69, 9.17) is 23.8 Å². The molecule has 3 amide bonds. The summed E-state index contributed by atoms with van der Waals surface area (Å²) in [7, 11) is 0. The standard InChI is InChI=1S/C20H20ClN5O5S/c1-11-3-6-15(12(2)9-11)22-17(27)7-8-18(28)24-25-20(32)23-19(29)13-4-5-14(21)16(10-13)26(30)31/h3-6,9-10H,7-8H2,1-2H3,(H,22,27)(H,24,28)(H2,23,25,29,32). The lowest BCUT2D eigenvalue weighted by Gasteiger charge is -2.11. The minimum Gasteiger partial charge on any atom is -0.326 e. The van der Waals surface area contributed by atoms with Crippen molar-refractivity contribution in [2.75, 3.05) is 5.32 Å². The van der Waals surface area contributed by atoms with Crippen molar-refractivity contribution in [1.29, 1.82) is 0 Å². The Labute approximate surface area is 193 Å². The first-order valence-electron chi connectivity index (χ1n) is 9.28. The van der Waals surface area contributed by atoms with Gasteiger partial charge in [-0.3, -0.25) is 40.7 Å². The second-order valence-corrected chi connectivity index (χ2v) is 7.56. The fourth-order valence-corrected chi connectivity index (χ4v) is 2.91. The monoisotopic (exact) mass is 477 g/mol. The van der Waals surface area contributed by atoms with Crippen molar-refractivity contribution >= 4 is 58.0 Å². The zero-order valence-electron chi connectivity index (χ0n) is 17.2. The van der Waals surface area contributed by atoms with Crippen molar-refractivity contribution in [3.8, 4) is 0 Å². The number of carbonyl (C=O) groups excluding carboxylic acids is 3.